The molecule has 0 aliphatic rings. The van der Waals surface area contributed by atoms with Gasteiger partial charge in [-0.1, -0.05) is 41.9 Å². The van der Waals surface area contributed by atoms with Crippen molar-refractivity contribution in [2.45, 2.75) is 0 Å². The predicted molar refractivity (Wildman–Crippen MR) is 71.8 cm³/mol. The van der Waals surface area contributed by atoms with Crippen molar-refractivity contribution in [2.24, 2.45) is 0 Å². The van der Waals surface area contributed by atoms with E-state index in [1.165, 1.54) is 12.1 Å². The van der Waals surface area contributed by atoms with Crippen molar-refractivity contribution in [3.05, 3.63) is 70.5 Å². The molecule has 0 unspecified atom stereocenters. The van der Waals surface area contributed by atoms with Gasteiger partial charge in [0.25, 0.3) is 0 Å². The number of carbonyl (C=O) groups excluding carboxylic acids is 1. The summed E-state index contributed by atoms with van der Waals surface area (Å²) in [5.74, 6) is -0.332. The van der Waals surface area contributed by atoms with Gasteiger partial charge in [0, 0.05) is 10.6 Å². The van der Waals surface area contributed by atoms with Crippen molar-refractivity contribution in [1.29, 1.82) is 0 Å². The molecule has 0 atom stereocenters. The maximum atomic E-state index is 12.8. The van der Waals surface area contributed by atoms with Gasteiger partial charge in [0.1, 0.15) is 5.82 Å². The quantitative estimate of drug-likeness (QED) is 0.460. The molecular formula is C15H10ClFO. The van der Waals surface area contributed by atoms with Gasteiger partial charge in [-0.05, 0) is 35.4 Å². The summed E-state index contributed by atoms with van der Waals surface area (Å²) in [6.07, 6.45) is 2.42. The number of carbonyl (C=O) groups is 1. The van der Waals surface area contributed by atoms with E-state index < -0.39 is 0 Å². The second-order valence-electron chi connectivity index (χ2n) is 3.75. The fraction of sp³-hybridized carbons (Fsp3) is 0. The Kier molecular flexibility index (Phi) is 3.90. The van der Waals surface area contributed by atoms with Crippen molar-refractivity contribution in [3.8, 4) is 0 Å². The van der Waals surface area contributed by atoms with Gasteiger partial charge in [-0.25, -0.2) is 4.39 Å². The van der Waals surface area contributed by atoms with Crippen LogP contribution in [0.15, 0.2) is 48.5 Å². The van der Waals surface area contributed by atoms with E-state index in [4.69, 9.17) is 11.6 Å². The van der Waals surface area contributed by atoms with Gasteiger partial charge in [-0.3, -0.25) is 4.79 Å². The third kappa shape index (κ3) is 2.84. The van der Waals surface area contributed by atoms with E-state index in [1.807, 2.05) is 18.2 Å². The minimum Gasteiger partial charge on any atom is -0.298 e. The van der Waals surface area contributed by atoms with E-state index in [2.05, 4.69) is 0 Å². The molecule has 0 amide bonds. The van der Waals surface area contributed by atoms with Crippen LogP contribution in [0, 0.1) is 5.82 Å². The molecule has 0 aromatic heterocycles. The number of allylic oxidation sites excluding steroid dienone is 1. The highest BCUT2D eigenvalue weighted by Gasteiger charge is 2.03. The van der Waals surface area contributed by atoms with Crippen LogP contribution in [0.2, 0.25) is 5.02 Å². The zero-order valence-electron chi connectivity index (χ0n) is 9.44. The normalized spacial score (nSPS) is 11.3. The largest absolute Gasteiger partial charge is 0.298 e. The fourth-order valence-electron chi connectivity index (χ4n) is 1.59. The highest BCUT2D eigenvalue weighted by Crippen LogP contribution is 2.22. The van der Waals surface area contributed by atoms with Crippen LogP contribution in [-0.2, 0) is 4.79 Å². The Morgan fingerprint density at radius 1 is 1.06 bits per heavy atom. The van der Waals surface area contributed by atoms with Crippen LogP contribution in [0.3, 0.4) is 0 Å². The number of hydrogen-bond donors (Lipinski definition) is 0. The Morgan fingerprint density at radius 2 is 1.72 bits per heavy atom. The molecule has 18 heavy (non-hydrogen) atoms. The monoisotopic (exact) mass is 262 g/mol. The SMILES string of the molecule is O=C/[14C](=C/c1ccccc1Cl)c1ccc(F)cc1. The van der Waals surface area contributed by atoms with Crippen LogP contribution < -0.4 is 0 Å². The molecule has 2 rings (SSSR count). The lowest BCUT2D eigenvalue weighted by molar-refractivity contribution is -0.103. The summed E-state index contributed by atoms with van der Waals surface area (Å²) in [7, 11) is 0. The third-order valence-corrected chi connectivity index (χ3v) is 2.86. The maximum absolute atomic E-state index is 12.8. The van der Waals surface area contributed by atoms with Gasteiger partial charge in [-0.15, -0.1) is 0 Å². The zero-order chi connectivity index (χ0) is 13.0. The van der Waals surface area contributed by atoms with E-state index >= 15 is 0 Å². The summed E-state index contributed by atoms with van der Waals surface area (Å²) >= 11 is 6.02. The van der Waals surface area contributed by atoms with Crippen molar-refractivity contribution < 1.29 is 9.18 Å². The van der Waals surface area contributed by atoms with Gasteiger partial charge in [0.15, 0.2) is 6.29 Å². The van der Waals surface area contributed by atoms with Crippen LogP contribution in [0.1, 0.15) is 11.1 Å². The molecule has 0 heterocycles. The Morgan fingerprint density at radius 3 is 2.33 bits per heavy atom. The van der Waals surface area contributed by atoms with E-state index in [1.54, 1.807) is 24.3 Å². The second-order valence-corrected chi connectivity index (χ2v) is 4.15. The topological polar surface area (TPSA) is 17.1 Å². The molecule has 0 saturated carbocycles. The van der Waals surface area contributed by atoms with Gasteiger partial charge in [0.05, 0.1) is 0 Å². The standard InChI is InChI=1S/C15H10ClFO/c16-15-4-2-1-3-12(15)9-13(10-18)11-5-7-14(17)8-6-11/h1-10H/b13-9-/i13+2. The molecule has 0 N–H and O–H groups in total. The average Bonchev–Trinajstić information content (AvgIpc) is 2.39. The molecule has 0 aliphatic carbocycles. The van der Waals surface area contributed by atoms with Crippen molar-refractivity contribution >= 4 is 29.5 Å². The zero-order valence-corrected chi connectivity index (χ0v) is 10.2. The van der Waals surface area contributed by atoms with Crippen LogP contribution >= 0.6 is 11.6 Å². The summed E-state index contributed by atoms with van der Waals surface area (Å²) < 4.78 is 12.8. The molecular weight excluding hydrogens is 253 g/mol. The molecule has 0 spiro atoms. The molecule has 3 heteroatoms. The minimum absolute atomic E-state index is 0.332. The predicted octanol–water partition coefficient (Wildman–Crippen LogP) is 4.22. The molecule has 90 valence electrons. The molecule has 0 aliphatic heterocycles. The summed E-state index contributed by atoms with van der Waals surface area (Å²) in [5.41, 5.74) is 1.88. The summed E-state index contributed by atoms with van der Waals surface area (Å²) in [5, 5.41) is 0.568. The lowest BCUT2D eigenvalue weighted by Crippen LogP contribution is -1.87. The smallest absolute Gasteiger partial charge is 0.150 e. The molecule has 0 bridgehead atoms. The minimum atomic E-state index is -0.332. The highest BCUT2D eigenvalue weighted by atomic mass is 35.5. The van der Waals surface area contributed by atoms with Gasteiger partial charge >= 0.3 is 0 Å². The Hall–Kier alpha value is -1.93. The van der Waals surface area contributed by atoms with Crippen LogP contribution in [0.5, 0.6) is 0 Å². The summed E-state index contributed by atoms with van der Waals surface area (Å²) in [6, 6.07) is 13.0. The number of hydrogen-bond acceptors (Lipinski definition) is 1. The molecule has 2 aromatic carbocycles. The summed E-state index contributed by atoms with van der Waals surface area (Å²) in [6.45, 7) is 0. The van der Waals surface area contributed by atoms with Crippen molar-refractivity contribution in [1.82, 2.24) is 0 Å². The Bertz CT molecular complexity index is 588. The molecule has 0 radical (unpaired) electrons. The number of benzene rings is 2. The number of halogens is 2. The second kappa shape index (κ2) is 5.61. The van der Waals surface area contributed by atoms with E-state index in [9.17, 15) is 9.18 Å². The Balaban J connectivity index is 2.43. The average molecular weight is 263 g/mol. The molecule has 1 nitrogen and oxygen atoms in total. The molecule has 0 fully saturated rings. The maximum Gasteiger partial charge on any atom is 0.150 e. The lowest BCUT2D eigenvalue weighted by Gasteiger charge is -2.02. The van der Waals surface area contributed by atoms with Gasteiger partial charge in [-0.2, -0.15) is 0 Å². The first-order chi connectivity index (χ1) is 8.70. The van der Waals surface area contributed by atoms with Crippen LogP contribution in [-0.4, -0.2) is 6.29 Å². The molecule has 2 aromatic rings. The number of aldehydes is 1. The first kappa shape index (κ1) is 12.5. The van der Waals surface area contributed by atoms with E-state index in [0.29, 0.717) is 16.2 Å². The first-order valence-corrected chi connectivity index (χ1v) is 5.76. The fourth-order valence-corrected chi connectivity index (χ4v) is 1.78. The van der Waals surface area contributed by atoms with Crippen molar-refractivity contribution in [3.63, 3.8) is 0 Å². The number of rotatable bonds is 3. The first-order valence-electron chi connectivity index (χ1n) is 5.38. The Labute approximate surface area is 110 Å². The third-order valence-electron chi connectivity index (χ3n) is 2.52. The van der Waals surface area contributed by atoms with Crippen LogP contribution in [0.25, 0.3) is 11.6 Å². The van der Waals surface area contributed by atoms with E-state index in [-0.39, 0.29) is 5.82 Å². The van der Waals surface area contributed by atoms with Crippen LogP contribution in [0.4, 0.5) is 4.39 Å². The van der Waals surface area contributed by atoms with Gasteiger partial charge in [0.2, 0.25) is 0 Å². The highest BCUT2D eigenvalue weighted by molar-refractivity contribution is 6.32. The molecule has 0 saturated heterocycles. The summed E-state index contributed by atoms with van der Waals surface area (Å²) in [4.78, 5) is 11.1. The van der Waals surface area contributed by atoms with Crippen molar-refractivity contribution in [2.75, 3.05) is 0 Å². The van der Waals surface area contributed by atoms with E-state index in [0.717, 1.165) is 11.8 Å². The van der Waals surface area contributed by atoms with Gasteiger partial charge < -0.3 is 0 Å². The lowest BCUT2D eigenvalue weighted by atomic mass is 10.2.